The van der Waals surface area contributed by atoms with Gasteiger partial charge in [-0.05, 0) is 38.8 Å². The highest BCUT2D eigenvalue weighted by Gasteiger charge is 2.21. The molecule has 0 aromatic carbocycles. The second kappa shape index (κ2) is 6.02. The first kappa shape index (κ1) is 11.5. The molecule has 0 bridgehead atoms. The molecule has 0 radical (unpaired) electrons. The van der Waals surface area contributed by atoms with Gasteiger partial charge < -0.3 is 10.2 Å². The van der Waals surface area contributed by atoms with Crippen LogP contribution >= 0.6 is 0 Å². The molecule has 0 heterocycles. The van der Waals surface area contributed by atoms with Gasteiger partial charge in [0.25, 0.3) is 0 Å². The van der Waals surface area contributed by atoms with E-state index in [0.29, 0.717) is 11.8 Å². The summed E-state index contributed by atoms with van der Waals surface area (Å²) < 4.78 is 0. The molecule has 82 valence electrons. The molecule has 1 aliphatic rings. The molecule has 1 N–H and O–H groups in total. The maximum Gasteiger partial charge on any atom is 0.222 e. The quantitative estimate of drug-likeness (QED) is 0.651. The lowest BCUT2D eigenvalue weighted by Gasteiger charge is -2.27. The molecular weight excluding hydrogens is 176 g/mol. The topological polar surface area (TPSA) is 32.3 Å². The van der Waals surface area contributed by atoms with Crippen LogP contribution in [0.25, 0.3) is 0 Å². The van der Waals surface area contributed by atoms with Gasteiger partial charge in [-0.3, -0.25) is 4.79 Å². The molecule has 14 heavy (non-hydrogen) atoms. The maximum atomic E-state index is 11.6. The predicted octanol–water partition coefficient (Wildman–Crippen LogP) is 1.24. The second-order valence-corrected chi connectivity index (χ2v) is 4.27. The molecule has 1 rings (SSSR count). The highest BCUT2D eigenvalue weighted by atomic mass is 16.2. The summed E-state index contributed by atoms with van der Waals surface area (Å²) >= 11 is 0. The normalized spacial score (nSPS) is 16.4. The van der Waals surface area contributed by atoms with Crippen molar-refractivity contribution >= 4 is 5.91 Å². The molecular formula is C11H22N2O. The van der Waals surface area contributed by atoms with Crippen LogP contribution in [0, 0.1) is 5.92 Å². The van der Waals surface area contributed by atoms with Crippen molar-refractivity contribution in [3.63, 3.8) is 0 Å². The fourth-order valence-corrected chi connectivity index (χ4v) is 1.72. The molecule has 0 unspecified atom stereocenters. The molecule has 0 saturated heterocycles. The summed E-state index contributed by atoms with van der Waals surface area (Å²) in [5, 5.41) is 3.09. The minimum atomic E-state index is 0.325. The number of nitrogens with zero attached hydrogens (tertiary/aromatic N) is 1. The van der Waals surface area contributed by atoms with E-state index in [-0.39, 0.29) is 0 Å². The van der Waals surface area contributed by atoms with Crippen LogP contribution in [0.1, 0.15) is 32.1 Å². The Labute approximate surface area is 86.9 Å². The first-order valence-corrected chi connectivity index (χ1v) is 5.62. The van der Waals surface area contributed by atoms with Crippen molar-refractivity contribution in [3.8, 4) is 0 Å². The third-order valence-corrected chi connectivity index (χ3v) is 3.03. The summed E-state index contributed by atoms with van der Waals surface area (Å²) in [7, 11) is 3.85. The van der Waals surface area contributed by atoms with E-state index < -0.39 is 0 Å². The average Bonchev–Trinajstić information content (AvgIpc) is 2.11. The van der Waals surface area contributed by atoms with Crippen molar-refractivity contribution < 1.29 is 4.79 Å². The molecule has 0 atom stereocenters. The Morgan fingerprint density at radius 3 is 2.71 bits per heavy atom. The Balaban J connectivity index is 2.08. The van der Waals surface area contributed by atoms with E-state index in [0.717, 1.165) is 25.9 Å². The number of amides is 1. The van der Waals surface area contributed by atoms with E-state index in [4.69, 9.17) is 0 Å². The van der Waals surface area contributed by atoms with Gasteiger partial charge in [0.05, 0.1) is 0 Å². The Morgan fingerprint density at radius 2 is 2.21 bits per heavy atom. The van der Waals surface area contributed by atoms with Crippen LogP contribution in [-0.4, -0.2) is 38.0 Å². The zero-order valence-electron chi connectivity index (χ0n) is 9.38. The lowest BCUT2D eigenvalue weighted by atomic mass is 9.83. The van der Waals surface area contributed by atoms with E-state index in [2.05, 4.69) is 5.32 Å². The molecule has 1 aliphatic carbocycles. The average molecular weight is 198 g/mol. The molecule has 1 fully saturated rings. The summed E-state index contributed by atoms with van der Waals surface area (Å²) in [5.74, 6) is 1.01. The molecule has 0 aliphatic heterocycles. The standard InChI is InChI=1S/C11H22N2O/c1-12-7-4-8-13(2)11(14)9-10-5-3-6-10/h10,12H,3-9H2,1-2H3. The third-order valence-electron chi connectivity index (χ3n) is 3.03. The minimum Gasteiger partial charge on any atom is -0.346 e. The second-order valence-electron chi connectivity index (χ2n) is 4.27. The maximum absolute atomic E-state index is 11.6. The Kier molecular flexibility index (Phi) is 4.94. The zero-order valence-corrected chi connectivity index (χ0v) is 9.38. The van der Waals surface area contributed by atoms with Crippen LogP contribution in [0.5, 0.6) is 0 Å². The first-order chi connectivity index (χ1) is 6.74. The smallest absolute Gasteiger partial charge is 0.222 e. The van der Waals surface area contributed by atoms with E-state index in [9.17, 15) is 4.79 Å². The molecule has 0 aromatic heterocycles. The van der Waals surface area contributed by atoms with Gasteiger partial charge in [-0.1, -0.05) is 6.42 Å². The summed E-state index contributed by atoms with van der Waals surface area (Å²) in [5.41, 5.74) is 0. The van der Waals surface area contributed by atoms with Crippen LogP contribution < -0.4 is 5.32 Å². The summed E-state index contributed by atoms with van der Waals surface area (Å²) in [4.78, 5) is 13.5. The highest BCUT2D eigenvalue weighted by Crippen LogP contribution is 2.29. The van der Waals surface area contributed by atoms with Gasteiger partial charge in [0.1, 0.15) is 0 Å². The summed E-state index contributed by atoms with van der Waals surface area (Å²) in [6.45, 7) is 1.87. The molecule has 3 heteroatoms. The van der Waals surface area contributed by atoms with Gasteiger partial charge in [0.2, 0.25) is 5.91 Å². The van der Waals surface area contributed by atoms with Crippen molar-refractivity contribution in [1.29, 1.82) is 0 Å². The lowest BCUT2D eigenvalue weighted by Crippen LogP contribution is -2.31. The third kappa shape index (κ3) is 3.66. The fraction of sp³-hybridized carbons (Fsp3) is 0.909. The molecule has 0 aromatic rings. The Hall–Kier alpha value is -0.570. The van der Waals surface area contributed by atoms with E-state index in [1.807, 2.05) is 19.0 Å². The molecule has 1 saturated carbocycles. The van der Waals surface area contributed by atoms with Crippen LogP contribution in [0.3, 0.4) is 0 Å². The molecule has 1 amide bonds. The van der Waals surface area contributed by atoms with Crippen LogP contribution in [0.4, 0.5) is 0 Å². The number of carbonyl (C=O) groups is 1. The van der Waals surface area contributed by atoms with Crippen molar-refractivity contribution in [2.24, 2.45) is 5.92 Å². The Morgan fingerprint density at radius 1 is 1.50 bits per heavy atom. The molecule has 3 nitrogen and oxygen atoms in total. The lowest BCUT2D eigenvalue weighted by molar-refractivity contribution is -0.131. The number of nitrogens with one attached hydrogen (secondary N) is 1. The van der Waals surface area contributed by atoms with Crippen LogP contribution in [0.2, 0.25) is 0 Å². The van der Waals surface area contributed by atoms with Gasteiger partial charge in [-0.2, -0.15) is 0 Å². The summed E-state index contributed by atoms with van der Waals surface area (Å²) in [6.07, 6.45) is 5.66. The number of rotatable bonds is 6. The van der Waals surface area contributed by atoms with Crippen LogP contribution in [-0.2, 0) is 4.79 Å². The number of hydrogen-bond acceptors (Lipinski definition) is 2. The number of carbonyl (C=O) groups excluding carboxylic acids is 1. The van der Waals surface area contributed by atoms with E-state index in [1.54, 1.807) is 0 Å². The summed E-state index contributed by atoms with van der Waals surface area (Å²) in [6, 6.07) is 0. The SMILES string of the molecule is CNCCCN(C)C(=O)CC1CCC1. The Bertz CT molecular complexity index is 178. The van der Waals surface area contributed by atoms with E-state index >= 15 is 0 Å². The van der Waals surface area contributed by atoms with E-state index in [1.165, 1.54) is 19.3 Å². The van der Waals surface area contributed by atoms with Crippen molar-refractivity contribution in [3.05, 3.63) is 0 Å². The van der Waals surface area contributed by atoms with Gasteiger partial charge in [-0.25, -0.2) is 0 Å². The molecule has 0 spiro atoms. The number of hydrogen-bond donors (Lipinski definition) is 1. The van der Waals surface area contributed by atoms with Crippen molar-refractivity contribution in [2.75, 3.05) is 27.2 Å². The zero-order chi connectivity index (χ0) is 10.4. The first-order valence-electron chi connectivity index (χ1n) is 5.62. The van der Waals surface area contributed by atoms with Gasteiger partial charge in [0, 0.05) is 20.0 Å². The predicted molar refractivity (Wildman–Crippen MR) is 58.1 cm³/mol. The minimum absolute atomic E-state index is 0.325. The van der Waals surface area contributed by atoms with Gasteiger partial charge in [-0.15, -0.1) is 0 Å². The van der Waals surface area contributed by atoms with Gasteiger partial charge in [0.15, 0.2) is 0 Å². The van der Waals surface area contributed by atoms with Crippen molar-refractivity contribution in [1.82, 2.24) is 10.2 Å². The van der Waals surface area contributed by atoms with Crippen molar-refractivity contribution in [2.45, 2.75) is 32.1 Å². The van der Waals surface area contributed by atoms with Gasteiger partial charge >= 0.3 is 0 Å². The largest absolute Gasteiger partial charge is 0.346 e. The van der Waals surface area contributed by atoms with Crippen LogP contribution in [0.15, 0.2) is 0 Å². The fourth-order valence-electron chi connectivity index (χ4n) is 1.72. The monoisotopic (exact) mass is 198 g/mol. The highest BCUT2D eigenvalue weighted by molar-refractivity contribution is 5.76.